The lowest BCUT2D eigenvalue weighted by Gasteiger charge is -2.05. The van der Waals surface area contributed by atoms with Gasteiger partial charge in [0, 0.05) is 20.3 Å². The van der Waals surface area contributed by atoms with E-state index in [1.807, 2.05) is 31.2 Å². The molecule has 0 saturated heterocycles. The number of rotatable bonds is 2. The zero-order valence-corrected chi connectivity index (χ0v) is 12.5. The number of halogens is 1. The fraction of sp³-hybridized carbons (Fsp3) is 0.154. The zero-order valence-electron chi connectivity index (χ0n) is 9.24. The number of benzene rings is 1. The molecule has 1 aromatic heterocycles. The highest BCUT2D eigenvalue weighted by molar-refractivity contribution is 9.10. The minimum atomic E-state index is 0.00171. The van der Waals surface area contributed by atoms with Crippen LogP contribution in [0.2, 0.25) is 0 Å². The Kier molecular flexibility index (Phi) is 4.07. The lowest BCUT2D eigenvalue weighted by molar-refractivity contribution is 1.12. The summed E-state index contributed by atoms with van der Waals surface area (Å²) in [6.45, 7) is 2.04. The van der Waals surface area contributed by atoms with Gasteiger partial charge in [0.05, 0.1) is 4.90 Å². The van der Waals surface area contributed by atoms with E-state index in [1.165, 1.54) is 0 Å². The Morgan fingerprint density at radius 2 is 1.94 bits per heavy atom. The van der Waals surface area contributed by atoms with Crippen LogP contribution in [0.25, 0.3) is 10.4 Å². The average Bonchev–Trinajstić information content (AvgIpc) is 2.33. The van der Waals surface area contributed by atoms with Crippen LogP contribution in [0.1, 0.15) is 11.8 Å². The molecule has 88 valence electrons. The number of hydrogen-bond donors (Lipinski definition) is 1. The number of hydrogen-bond acceptors (Lipinski definition) is 3. The number of aryl methyl sites for hydroxylation is 1. The minimum Gasteiger partial charge on any atom is -0.289 e. The number of thiol groups is 1. The molecule has 17 heavy (non-hydrogen) atoms. The molecule has 1 aromatic carbocycles. The molecular formula is C13H11BrOS2. The van der Waals surface area contributed by atoms with Crippen LogP contribution >= 0.6 is 39.9 Å². The van der Waals surface area contributed by atoms with Crippen LogP contribution in [0.15, 0.2) is 44.5 Å². The quantitative estimate of drug-likeness (QED) is 0.810. The molecule has 0 spiro atoms. The van der Waals surface area contributed by atoms with Gasteiger partial charge in [-0.25, -0.2) is 0 Å². The Balaban J connectivity index is 2.56. The van der Waals surface area contributed by atoms with Gasteiger partial charge in [-0.2, -0.15) is 0 Å². The van der Waals surface area contributed by atoms with Crippen molar-refractivity contribution in [2.45, 2.75) is 18.2 Å². The van der Waals surface area contributed by atoms with Gasteiger partial charge < -0.3 is 0 Å². The van der Waals surface area contributed by atoms with E-state index >= 15 is 0 Å². The van der Waals surface area contributed by atoms with Crippen molar-refractivity contribution in [1.29, 1.82) is 0 Å². The van der Waals surface area contributed by atoms with Gasteiger partial charge in [0.1, 0.15) is 0 Å². The first-order valence-corrected chi connectivity index (χ1v) is 7.29. The van der Waals surface area contributed by atoms with Crippen molar-refractivity contribution < 1.29 is 0 Å². The van der Waals surface area contributed by atoms with Gasteiger partial charge >= 0.3 is 0 Å². The third-order valence-corrected chi connectivity index (χ3v) is 4.93. The highest BCUT2D eigenvalue weighted by Crippen LogP contribution is 2.28. The van der Waals surface area contributed by atoms with E-state index < -0.39 is 0 Å². The predicted octanol–water partition coefficient (Wildman–Crippen LogP) is 4.39. The highest BCUT2D eigenvalue weighted by Gasteiger charge is 2.07. The molecule has 1 nitrogen and oxygen atoms in total. The third kappa shape index (κ3) is 2.81. The average molecular weight is 327 g/mol. The summed E-state index contributed by atoms with van der Waals surface area (Å²) in [6, 6.07) is 9.63. The maximum atomic E-state index is 11.8. The molecule has 0 aliphatic carbocycles. The van der Waals surface area contributed by atoms with Gasteiger partial charge in [-0.3, -0.25) is 4.79 Å². The fourth-order valence-corrected chi connectivity index (χ4v) is 3.18. The molecule has 0 aliphatic heterocycles. The smallest absolute Gasteiger partial charge is 0.194 e. The summed E-state index contributed by atoms with van der Waals surface area (Å²) in [7, 11) is 0. The molecule has 0 aliphatic rings. The minimum absolute atomic E-state index is 0.00171. The van der Waals surface area contributed by atoms with Gasteiger partial charge in [-0.1, -0.05) is 35.0 Å². The highest BCUT2D eigenvalue weighted by atomic mass is 79.9. The van der Waals surface area contributed by atoms with E-state index in [0.29, 0.717) is 4.90 Å². The summed E-state index contributed by atoms with van der Waals surface area (Å²) in [5.74, 6) is 0. The molecule has 0 bridgehead atoms. The molecule has 2 aromatic rings. The maximum absolute atomic E-state index is 11.8. The third-order valence-electron chi connectivity index (χ3n) is 2.44. The topological polar surface area (TPSA) is 17.1 Å². The van der Waals surface area contributed by atoms with E-state index in [0.717, 1.165) is 26.2 Å². The Morgan fingerprint density at radius 1 is 1.29 bits per heavy atom. The fourth-order valence-electron chi connectivity index (χ4n) is 1.53. The van der Waals surface area contributed by atoms with Gasteiger partial charge in [0.2, 0.25) is 0 Å². The molecule has 4 heteroatoms. The van der Waals surface area contributed by atoms with E-state index in [4.69, 9.17) is 0 Å². The molecule has 0 N–H and O–H groups in total. The van der Waals surface area contributed by atoms with Crippen molar-refractivity contribution in [3.63, 3.8) is 0 Å². The second kappa shape index (κ2) is 5.38. The van der Waals surface area contributed by atoms with Gasteiger partial charge in [0.15, 0.2) is 5.43 Å². The van der Waals surface area contributed by atoms with Crippen LogP contribution in [-0.2, 0) is 6.42 Å². The van der Waals surface area contributed by atoms with Gasteiger partial charge in [-0.05, 0) is 24.1 Å². The second-order valence-corrected chi connectivity index (χ2v) is 6.11. The summed E-state index contributed by atoms with van der Waals surface area (Å²) >= 11 is 9.29. The van der Waals surface area contributed by atoms with Crippen LogP contribution in [-0.4, -0.2) is 0 Å². The maximum Gasteiger partial charge on any atom is 0.194 e. The van der Waals surface area contributed by atoms with Crippen molar-refractivity contribution in [3.05, 3.63) is 49.9 Å². The van der Waals surface area contributed by atoms with E-state index in [2.05, 4.69) is 28.6 Å². The SMILES string of the molecule is CCc1sc(-c2ccc(Br)cc2)cc(=O)c1S. The normalized spacial score (nSPS) is 10.5. The summed E-state index contributed by atoms with van der Waals surface area (Å²) in [6.07, 6.45) is 0.836. The molecule has 0 amide bonds. The molecule has 0 saturated carbocycles. The Bertz CT molecular complexity index is 587. The summed E-state index contributed by atoms with van der Waals surface area (Å²) in [4.78, 5) is 14.4. The van der Waals surface area contributed by atoms with Crippen LogP contribution in [0, 0.1) is 0 Å². The first-order chi connectivity index (χ1) is 8.11. The molecule has 0 atom stereocenters. The lowest BCUT2D eigenvalue weighted by Crippen LogP contribution is -2.02. The standard InChI is InChI=1S/C13H11BrOS2/c1-2-11-13(16)10(15)7-12(17-11)8-3-5-9(14)6-4-8/h3-7,16H,2H2,1H3. The first kappa shape index (κ1) is 12.9. The molecular weight excluding hydrogens is 316 g/mol. The van der Waals surface area contributed by atoms with Crippen molar-refractivity contribution in [1.82, 2.24) is 0 Å². The Hall–Kier alpha value is -0.580. The zero-order chi connectivity index (χ0) is 12.4. The summed E-state index contributed by atoms with van der Waals surface area (Å²) in [5, 5.41) is 0. The predicted molar refractivity (Wildman–Crippen MR) is 80.4 cm³/mol. The summed E-state index contributed by atoms with van der Waals surface area (Å²) < 4.78 is 1.04. The van der Waals surface area contributed by atoms with Crippen LogP contribution < -0.4 is 5.43 Å². The lowest BCUT2D eigenvalue weighted by atomic mass is 10.2. The van der Waals surface area contributed by atoms with Crippen LogP contribution in [0.5, 0.6) is 0 Å². The van der Waals surface area contributed by atoms with E-state index in [9.17, 15) is 4.79 Å². The molecule has 2 rings (SSSR count). The molecule has 0 radical (unpaired) electrons. The molecule has 0 unspecified atom stereocenters. The summed E-state index contributed by atoms with van der Waals surface area (Å²) in [5.41, 5.74) is 1.07. The van der Waals surface area contributed by atoms with Crippen LogP contribution in [0.3, 0.4) is 0 Å². The van der Waals surface area contributed by atoms with Gasteiger partial charge in [-0.15, -0.1) is 24.0 Å². The van der Waals surface area contributed by atoms with E-state index in [1.54, 1.807) is 17.4 Å². The Labute approximate surface area is 118 Å². The Morgan fingerprint density at radius 3 is 2.53 bits per heavy atom. The van der Waals surface area contributed by atoms with Gasteiger partial charge in [0.25, 0.3) is 0 Å². The van der Waals surface area contributed by atoms with Crippen molar-refractivity contribution >= 4 is 39.9 Å². The van der Waals surface area contributed by atoms with E-state index in [-0.39, 0.29) is 5.43 Å². The molecule has 1 heterocycles. The largest absolute Gasteiger partial charge is 0.289 e. The first-order valence-electron chi connectivity index (χ1n) is 5.23. The monoisotopic (exact) mass is 326 g/mol. The van der Waals surface area contributed by atoms with Crippen molar-refractivity contribution in [2.75, 3.05) is 0 Å². The second-order valence-electron chi connectivity index (χ2n) is 3.61. The molecule has 0 fully saturated rings. The van der Waals surface area contributed by atoms with Crippen molar-refractivity contribution in [3.8, 4) is 10.4 Å². The van der Waals surface area contributed by atoms with Crippen LogP contribution in [0.4, 0.5) is 0 Å². The van der Waals surface area contributed by atoms with Crippen molar-refractivity contribution in [2.24, 2.45) is 0 Å².